The minimum absolute atomic E-state index is 0.0720. The number of piperidine rings is 1. The molecule has 1 saturated heterocycles. The molecule has 29 heavy (non-hydrogen) atoms. The van der Waals surface area contributed by atoms with Gasteiger partial charge in [0.05, 0.1) is 12.3 Å². The number of sulfonamides is 1. The first-order chi connectivity index (χ1) is 13.9. The van der Waals surface area contributed by atoms with Gasteiger partial charge in [-0.3, -0.25) is 4.79 Å². The summed E-state index contributed by atoms with van der Waals surface area (Å²) in [6.45, 7) is 1.39. The maximum absolute atomic E-state index is 13.0. The van der Waals surface area contributed by atoms with Gasteiger partial charge in [0.25, 0.3) is 0 Å². The van der Waals surface area contributed by atoms with Crippen LogP contribution in [0.1, 0.15) is 18.4 Å². The number of nitrogens with one attached hydrogen (secondary N) is 1. The molecule has 0 unspecified atom stereocenters. The molecular weight excluding hydrogens is 395 g/mol. The SMILES string of the molecule is O=C(NCCOc1ccccc1)C1CCN(S(=O)(=O)Cc2ccc(F)cc2)CC1. The van der Waals surface area contributed by atoms with Gasteiger partial charge < -0.3 is 10.1 Å². The normalized spacial score (nSPS) is 15.8. The summed E-state index contributed by atoms with van der Waals surface area (Å²) in [5, 5.41) is 2.85. The topological polar surface area (TPSA) is 75.7 Å². The van der Waals surface area contributed by atoms with Crippen LogP contribution in [0.2, 0.25) is 0 Å². The van der Waals surface area contributed by atoms with Crippen molar-refractivity contribution in [3.8, 4) is 5.75 Å². The van der Waals surface area contributed by atoms with Gasteiger partial charge in [-0.05, 0) is 42.7 Å². The molecule has 3 rings (SSSR count). The van der Waals surface area contributed by atoms with Crippen LogP contribution in [-0.4, -0.2) is 44.9 Å². The van der Waals surface area contributed by atoms with Crippen molar-refractivity contribution in [1.29, 1.82) is 0 Å². The second kappa shape index (κ2) is 9.84. The Morgan fingerprint density at radius 3 is 2.38 bits per heavy atom. The summed E-state index contributed by atoms with van der Waals surface area (Å²) in [5.74, 6) is -0.0872. The minimum atomic E-state index is -3.49. The maximum Gasteiger partial charge on any atom is 0.223 e. The van der Waals surface area contributed by atoms with E-state index in [0.717, 1.165) is 5.75 Å². The van der Waals surface area contributed by atoms with E-state index in [1.54, 1.807) is 0 Å². The Morgan fingerprint density at radius 1 is 1.07 bits per heavy atom. The molecule has 0 radical (unpaired) electrons. The summed E-state index contributed by atoms with van der Waals surface area (Å²) in [6, 6.07) is 14.8. The number of benzene rings is 2. The number of carbonyl (C=O) groups is 1. The van der Waals surface area contributed by atoms with Gasteiger partial charge in [-0.25, -0.2) is 17.1 Å². The molecule has 1 aliphatic heterocycles. The van der Waals surface area contributed by atoms with Crippen LogP contribution in [-0.2, 0) is 20.6 Å². The Balaban J connectivity index is 1.40. The Labute approximate surface area is 170 Å². The van der Waals surface area contributed by atoms with E-state index < -0.39 is 15.8 Å². The lowest BCUT2D eigenvalue weighted by Crippen LogP contribution is -2.43. The lowest BCUT2D eigenvalue weighted by molar-refractivity contribution is -0.126. The number of hydrogen-bond acceptors (Lipinski definition) is 4. The van der Waals surface area contributed by atoms with Crippen LogP contribution in [0.5, 0.6) is 5.75 Å². The lowest BCUT2D eigenvalue weighted by atomic mass is 9.97. The summed E-state index contributed by atoms with van der Waals surface area (Å²) < 4.78 is 45.1. The Hall–Kier alpha value is -2.45. The summed E-state index contributed by atoms with van der Waals surface area (Å²) in [7, 11) is -3.49. The van der Waals surface area contributed by atoms with Crippen molar-refractivity contribution >= 4 is 15.9 Å². The van der Waals surface area contributed by atoms with Crippen LogP contribution < -0.4 is 10.1 Å². The molecule has 0 aliphatic carbocycles. The third-order valence-corrected chi connectivity index (χ3v) is 6.74. The van der Waals surface area contributed by atoms with Crippen molar-refractivity contribution in [2.24, 2.45) is 5.92 Å². The molecule has 2 aromatic carbocycles. The number of hydrogen-bond donors (Lipinski definition) is 1. The minimum Gasteiger partial charge on any atom is -0.492 e. The van der Waals surface area contributed by atoms with Crippen LogP contribution in [0.15, 0.2) is 54.6 Å². The molecule has 8 heteroatoms. The largest absolute Gasteiger partial charge is 0.492 e. The zero-order valence-corrected chi connectivity index (χ0v) is 16.9. The zero-order chi connectivity index (χ0) is 20.7. The number of halogens is 1. The highest BCUT2D eigenvalue weighted by Crippen LogP contribution is 2.22. The molecule has 0 atom stereocenters. The number of nitrogens with zero attached hydrogens (tertiary/aromatic N) is 1. The van der Waals surface area contributed by atoms with E-state index in [4.69, 9.17) is 4.74 Å². The van der Waals surface area contributed by atoms with Crippen LogP contribution in [0.3, 0.4) is 0 Å². The summed E-state index contributed by atoms with van der Waals surface area (Å²) in [4.78, 5) is 12.3. The third kappa shape index (κ3) is 6.27. The molecule has 1 N–H and O–H groups in total. The molecule has 0 saturated carbocycles. The number of carbonyl (C=O) groups excluding carboxylic acids is 1. The number of para-hydroxylation sites is 1. The average Bonchev–Trinajstić information content (AvgIpc) is 2.73. The van der Waals surface area contributed by atoms with E-state index in [9.17, 15) is 17.6 Å². The summed E-state index contributed by atoms with van der Waals surface area (Å²) >= 11 is 0. The number of rotatable bonds is 8. The Morgan fingerprint density at radius 2 is 1.72 bits per heavy atom. The molecule has 2 aromatic rings. The molecule has 0 bridgehead atoms. The maximum atomic E-state index is 13.0. The predicted octanol–water partition coefficient (Wildman–Crippen LogP) is 2.56. The van der Waals surface area contributed by atoms with Crippen molar-refractivity contribution in [2.45, 2.75) is 18.6 Å². The summed E-state index contributed by atoms with van der Waals surface area (Å²) in [6.07, 6.45) is 0.960. The molecule has 1 heterocycles. The second-order valence-electron chi connectivity index (χ2n) is 7.01. The highest BCUT2D eigenvalue weighted by molar-refractivity contribution is 7.88. The fourth-order valence-electron chi connectivity index (χ4n) is 3.28. The van der Waals surface area contributed by atoms with Gasteiger partial charge in [0.1, 0.15) is 18.2 Å². The van der Waals surface area contributed by atoms with Crippen LogP contribution in [0, 0.1) is 11.7 Å². The number of amides is 1. The Kier molecular flexibility index (Phi) is 7.22. The van der Waals surface area contributed by atoms with Gasteiger partial charge in [-0.15, -0.1) is 0 Å². The van der Waals surface area contributed by atoms with Crippen LogP contribution in [0.4, 0.5) is 4.39 Å². The van der Waals surface area contributed by atoms with Crippen molar-refractivity contribution < 1.29 is 22.3 Å². The first kappa shape index (κ1) is 21.3. The van der Waals surface area contributed by atoms with Gasteiger partial charge in [-0.2, -0.15) is 0 Å². The first-order valence-corrected chi connectivity index (χ1v) is 11.2. The first-order valence-electron chi connectivity index (χ1n) is 9.62. The molecule has 0 aromatic heterocycles. The standard InChI is InChI=1S/C21H25FN2O4S/c22-19-8-6-17(7-9-19)16-29(26,27)24-13-10-18(11-14-24)21(25)23-12-15-28-20-4-2-1-3-5-20/h1-9,18H,10-16H2,(H,23,25). The van der Waals surface area contributed by atoms with Gasteiger partial charge in [0.2, 0.25) is 15.9 Å². The molecular formula is C21H25FN2O4S. The average molecular weight is 421 g/mol. The van der Waals surface area contributed by atoms with E-state index in [0.29, 0.717) is 44.6 Å². The van der Waals surface area contributed by atoms with Crippen molar-refractivity contribution in [2.75, 3.05) is 26.2 Å². The monoisotopic (exact) mass is 420 g/mol. The van der Waals surface area contributed by atoms with Gasteiger partial charge in [0.15, 0.2) is 0 Å². The molecule has 1 fully saturated rings. The quantitative estimate of drug-likeness (QED) is 0.666. The number of ether oxygens (including phenoxy) is 1. The molecule has 0 spiro atoms. The van der Waals surface area contributed by atoms with E-state index in [1.165, 1.54) is 28.6 Å². The van der Waals surface area contributed by atoms with E-state index in [1.807, 2.05) is 30.3 Å². The van der Waals surface area contributed by atoms with E-state index >= 15 is 0 Å². The molecule has 1 aliphatic rings. The smallest absolute Gasteiger partial charge is 0.223 e. The van der Waals surface area contributed by atoms with Crippen LogP contribution in [0.25, 0.3) is 0 Å². The predicted molar refractivity (Wildman–Crippen MR) is 108 cm³/mol. The fourth-order valence-corrected chi connectivity index (χ4v) is 4.85. The highest BCUT2D eigenvalue weighted by Gasteiger charge is 2.31. The Bertz CT molecular complexity index is 896. The van der Waals surface area contributed by atoms with Crippen molar-refractivity contribution in [3.05, 3.63) is 66.0 Å². The van der Waals surface area contributed by atoms with Crippen LogP contribution >= 0.6 is 0 Å². The van der Waals surface area contributed by atoms with Crippen molar-refractivity contribution in [1.82, 2.24) is 9.62 Å². The van der Waals surface area contributed by atoms with E-state index in [-0.39, 0.29) is 17.6 Å². The molecule has 6 nitrogen and oxygen atoms in total. The summed E-state index contributed by atoms with van der Waals surface area (Å²) in [5.41, 5.74) is 0.546. The van der Waals surface area contributed by atoms with E-state index in [2.05, 4.69) is 5.32 Å². The van der Waals surface area contributed by atoms with Gasteiger partial charge in [0, 0.05) is 19.0 Å². The molecule has 1 amide bonds. The third-order valence-electron chi connectivity index (χ3n) is 4.89. The van der Waals surface area contributed by atoms with Gasteiger partial charge in [-0.1, -0.05) is 30.3 Å². The fraction of sp³-hybridized carbons (Fsp3) is 0.381. The zero-order valence-electron chi connectivity index (χ0n) is 16.1. The second-order valence-corrected chi connectivity index (χ2v) is 8.98. The lowest BCUT2D eigenvalue weighted by Gasteiger charge is -2.30. The highest BCUT2D eigenvalue weighted by atomic mass is 32.2. The molecule has 156 valence electrons. The van der Waals surface area contributed by atoms with Crippen molar-refractivity contribution in [3.63, 3.8) is 0 Å². The van der Waals surface area contributed by atoms with Gasteiger partial charge >= 0.3 is 0 Å².